The molecule has 3 heterocycles. The first-order valence-corrected chi connectivity index (χ1v) is 9.53. The largest absolute Gasteiger partial charge is 0.465 e. The quantitative estimate of drug-likeness (QED) is 0.571. The second-order valence-electron chi connectivity index (χ2n) is 7.04. The van der Waals surface area contributed by atoms with Crippen LogP contribution in [0.5, 0.6) is 0 Å². The van der Waals surface area contributed by atoms with Gasteiger partial charge in [-0.05, 0) is 36.4 Å². The molecule has 4 rings (SSSR count). The summed E-state index contributed by atoms with van der Waals surface area (Å²) < 4.78 is 4.68. The average Bonchev–Trinajstić information content (AvgIpc) is 3.08. The Morgan fingerprint density at radius 2 is 1.76 bits per heavy atom. The van der Waals surface area contributed by atoms with Crippen LogP contribution >= 0.6 is 0 Å². The van der Waals surface area contributed by atoms with Crippen LogP contribution in [0.2, 0.25) is 0 Å². The number of hydrogen-bond donors (Lipinski definition) is 0. The number of nitrogens with zero attached hydrogens (tertiary/aromatic N) is 4. The third kappa shape index (κ3) is 3.71. The Morgan fingerprint density at radius 1 is 1.03 bits per heavy atom. The molecule has 8 nitrogen and oxygen atoms in total. The topological polar surface area (TPSA) is 83.1 Å². The number of piperazine rings is 1. The summed E-state index contributed by atoms with van der Waals surface area (Å²) in [5.74, 6) is 0.0256. The van der Waals surface area contributed by atoms with Crippen LogP contribution in [0.3, 0.4) is 0 Å². The molecule has 0 unspecified atom stereocenters. The molecule has 0 bridgehead atoms. The van der Waals surface area contributed by atoms with Gasteiger partial charge in [-0.15, -0.1) is 0 Å². The molecule has 1 aromatic heterocycles. The van der Waals surface area contributed by atoms with Crippen molar-refractivity contribution in [3.8, 4) is 0 Å². The summed E-state index contributed by atoms with van der Waals surface area (Å²) in [6.45, 7) is 2.89. The molecule has 0 radical (unpaired) electrons. The van der Waals surface area contributed by atoms with Crippen molar-refractivity contribution in [2.45, 2.75) is 12.5 Å². The maximum Gasteiger partial charge on any atom is 0.337 e. The fourth-order valence-corrected chi connectivity index (χ4v) is 3.84. The Kier molecular flexibility index (Phi) is 5.26. The predicted molar refractivity (Wildman–Crippen MR) is 107 cm³/mol. The van der Waals surface area contributed by atoms with Gasteiger partial charge in [0.15, 0.2) is 0 Å². The second-order valence-corrected chi connectivity index (χ2v) is 7.04. The van der Waals surface area contributed by atoms with E-state index in [2.05, 4.69) is 19.5 Å². The molecule has 2 aliphatic heterocycles. The van der Waals surface area contributed by atoms with Crippen molar-refractivity contribution in [3.05, 3.63) is 54.2 Å². The molecule has 2 fully saturated rings. The van der Waals surface area contributed by atoms with Gasteiger partial charge in [-0.25, -0.2) is 14.7 Å². The molecule has 8 heteroatoms. The van der Waals surface area contributed by atoms with Gasteiger partial charge in [-0.2, -0.15) is 0 Å². The van der Waals surface area contributed by atoms with Crippen LogP contribution in [0, 0.1) is 0 Å². The number of amides is 2. The van der Waals surface area contributed by atoms with Crippen molar-refractivity contribution in [3.63, 3.8) is 0 Å². The van der Waals surface area contributed by atoms with Crippen LogP contribution in [-0.4, -0.2) is 67.0 Å². The molecule has 1 atom stereocenters. The number of carbonyl (C=O) groups excluding carboxylic acids is 3. The van der Waals surface area contributed by atoms with Crippen LogP contribution < -0.4 is 9.80 Å². The lowest BCUT2D eigenvalue weighted by Gasteiger charge is -2.37. The lowest BCUT2D eigenvalue weighted by Crippen LogP contribution is -2.52. The molecule has 1 aromatic carbocycles. The summed E-state index contributed by atoms with van der Waals surface area (Å²) in [6.07, 6.45) is 1.94. The highest BCUT2D eigenvalue weighted by Gasteiger charge is 2.43. The fraction of sp³-hybridized carbons (Fsp3) is 0.333. The van der Waals surface area contributed by atoms with Crippen molar-refractivity contribution < 1.29 is 19.1 Å². The zero-order chi connectivity index (χ0) is 20.4. The monoisotopic (exact) mass is 394 g/mol. The van der Waals surface area contributed by atoms with Gasteiger partial charge in [0.2, 0.25) is 5.91 Å². The van der Waals surface area contributed by atoms with Gasteiger partial charge in [-0.1, -0.05) is 6.07 Å². The van der Waals surface area contributed by atoms with E-state index < -0.39 is 12.0 Å². The second kappa shape index (κ2) is 8.00. The van der Waals surface area contributed by atoms with Crippen LogP contribution in [0.1, 0.15) is 16.8 Å². The molecule has 2 aromatic rings. The van der Waals surface area contributed by atoms with Gasteiger partial charge < -0.3 is 9.64 Å². The van der Waals surface area contributed by atoms with E-state index in [1.165, 1.54) is 12.0 Å². The van der Waals surface area contributed by atoms with Gasteiger partial charge in [0.1, 0.15) is 5.82 Å². The molecule has 2 aliphatic rings. The van der Waals surface area contributed by atoms with E-state index in [1.54, 1.807) is 30.5 Å². The molecule has 2 amide bonds. The first kappa shape index (κ1) is 19.1. The van der Waals surface area contributed by atoms with E-state index in [9.17, 15) is 14.4 Å². The predicted octanol–water partition coefficient (Wildman–Crippen LogP) is 1.32. The van der Waals surface area contributed by atoms with Crippen molar-refractivity contribution in [1.29, 1.82) is 0 Å². The van der Waals surface area contributed by atoms with E-state index in [0.717, 1.165) is 18.9 Å². The summed E-state index contributed by atoms with van der Waals surface area (Å²) in [6, 6.07) is 11.7. The number of carbonyl (C=O) groups is 3. The molecule has 29 heavy (non-hydrogen) atoms. The van der Waals surface area contributed by atoms with Crippen LogP contribution in [0.25, 0.3) is 0 Å². The molecule has 0 aliphatic carbocycles. The molecule has 0 saturated carbocycles. The smallest absolute Gasteiger partial charge is 0.337 e. The molecular weight excluding hydrogens is 372 g/mol. The highest BCUT2D eigenvalue weighted by atomic mass is 16.5. The van der Waals surface area contributed by atoms with Gasteiger partial charge in [0, 0.05) is 32.4 Å². The number of methoxy groups -OCH3 is 1. The van der Waals surface area contributed by atoms with Crippen LogP contribution in [0.15, 0.2) is 48.7 Å². The Morgan fingerprint density at radius 3 is 2.38 bits per heavy atom. The number of imide groups is 1. The highest BCUT2D eigenvalue weighted by Crippen LogP contribution is 2.27. The number of rotatable bonds is 4. The van der Waals surface area contributed by atoms with E-state index in [1.807, 2.05) is 18.2 Å². The molecule has 0 N–H and O–H groups in total. The normalized spacial score (nSPS) is 20.2. The van der Waals surface area contributed by atoms with Gasteiger partial charge in [-0.3, -0.25) is 14.5 Å². The lowest BCUT2D eigenvalue weighted by molar-refractivity contribution is -0.123. The standard InChI is InChI=1S/C21H22N4O4/c1-29-21(28)15-5-7-16(8-6-15)25-19(26)14-17(20(25)27)23-10-12-24(13-11-23)18-4-2-3-9-22-18/h2-9,17H,10-14H2,1H3/t17-/m1/s1. The van der Waals surface area contributed by atoms with Crippen LogP contribution in [-0.2, 0) is 14.3 Å². The number of benzene rings is 1. The molecule has 2 saturated heterocycles. The Hall–Kier alpha value is -3.26. The zero-order valence-electron chi connectivity index (χ0n) is 16.2. The summed E-state index contributed by atoms with van der Waals surface area (Å²) in [5.41, 5.74) is 0.847. The van der Waals surface area contributed by atoms with Crippen molar-refractivity contribution in [2.24, 2.45) is 0 Å². The average molecular weight is 394 g/mol. The molecular formula is C21H22N4O4. The summed E-state index contributed by atoms with van der Waals surface area (Å²) in [7, 11) is 1.31. The third-order valence-electron chi connectivity index (χ3n) is 5.40. The first-order chi connectivity index (χ1) is 14.1. The summed E-state index contributed by atoms with van der Waals surface area (Å²) >= 11 is 0. The van der Waals surface area contributed by atoms with Gasteiger partial charge in [0.25, 0.3) is 5.91 Å². The minimum Gasteiger partial charge on any atom is -0.465 e. The van der Waals surface area contributed by atoms with Crippen molar-refractivity contribution in [2.75, 3.05) is 43.1 Å². The first-order valence-electron chi connectivity index (χ1n) is 9.53. The van der Waals surface area contributed by atoms with Crippen molar-refractivity contribution >= 4 is 29.3 Å². The fourth-order valence-electron chi connectivity index (χ4n) is 3.84. The number of ether oxygens (including phenoxy) is 1. The van der Waals surface area contributed by atoms with E-state index in [4.69, 9.17) is 0 Å². The number of aromatic nitrogens is 1. The van der Waals surface area contributed by atoms with E-state index in [0.29, 0.717) is 24.3 Å². The van der Waals surface area contributed by atoms with E-state index in [-0.39, 0.29) is 18.2 Å². The Balaban J connectivity index is 1.43. The third-order valence-corrected chi connectivity index (χ3v) is 5.40. The zero-order valence-corrected chi connectivity index (χ0v) is 16.2. The van der Waals surface area contributed by atoms with Crippen LogP contribution in [0.4, 0.5) is 11.5 Å². The Bertz CT molecular complexity index is 908. The number of pyridine rings is 1. The molecule has 150 valence electrons. The SMILES string of the molecule is COC(=O)c1ccc(N2C(=O)C[C@@H](N3CCN(c4ccccn4)CC3)C2=O)cc1. The number of esters is 1. The lowest BCUT2D eigenvalue weighted by atomic mass is 10.1. The maximum absolute atomic E-state index is 13.0. The Labute approximate surface area is 168 Å². The van der Waals surface area contributed by atoms with Gasteiger partial charge in [0.05, 0.1) is 30.8 Å². The van der Waals surface area contributed by atoms with Gasteiger partial charge >= 0.3 is 5.97 Å². The van der Waals surface area contributed by atoms with E-state index >= 15 is 0 Å². The highest BCUT2D eigenvalue weighted by molar-refractivity contribution is 6.22. The van der Waals surface area contributed by atoms with Crippen molar-refractivity contribution in [1.82, 2.24) is 9.88 Å². The summed E-state index contributed by atoms with van der Waals surface area (Å²) in [5, 5.41) is 0. The molecule has 0 spiro atoms. The maximum atomic E-state index is 13.0. The summed E-state index contributed by atoms with van der Waals surface area (Å²) in [4.78, 5) is 47.0. The number of hydrogen-bond acceptors (Lipinski definition) is 7. The minimum atomic E-state index is -0.459. The number of anilines is 2. The minimum absolute atomic E-state index is 0.168.